The molecule has 0 heterocycles. The van der Waals surface area contributed by atoms with Crippen molar-refractivity contribution in [3.8, 4) is 0 Å². The van der Waals surface area contributed by atoms with E-state index in [0.29, 0.717) is 6.42 Å². The highest BCUT2D eigenvalue weighted by Crippen LogP contribution is 2.02. The fraction of sp³-hybridized carbons (Fsp3) is 0.692. The first-order chi connectivity index (χ1) is 7.70. The van der Waals surface area contributed by atoms with Gasteiger partial charge in [0, 0.05) is 6.42 Å². The molecule has 92 valence electrons. The number of Topliss-reactive ketones (excluding diaryl/α,β-unsaturated/α-hetero) is 1. The molecule has 3 heteroatoms. The SMILES string of the molecule is CCCCC/C=C\CCC(=O)CC(=O)OC. The maximum atomic E-state index is 11.2. The molecule has 0 radical (unpaired) electrons. The summed E-state index contributed by atoms with van der Waals surface area (Å²) in [4.78, 5) is 22.0. The van der Waals surface area contributed by atoms with E-state index in [2.05, 4.69) is 17.7 Å². The second kappa shape index (κ2) is 10.4. The lowest BCUT2D eigenvalue weighted by atomic mass is 10.1. The third kappa shape index (κ3) is 9.44. The zero-order valence-electron chi connectivity index (χ0n) is 10.3. The van der Waals surface area contributed by atoms with E-state index < -0.39 is 5.97 Å². The molecule has 0 aromatic carbocycles. The van der Waals surface area contributed by atoms with E-state index in [1.807, 2.05) is 6.08 Å². The molecule has 0 bridgehead atoms. The van der Waals surface area contributed by atoms with Crippen molar-refractivity contribution in [1.82, 2.24) is 0 Å². The van der Waals surface area contributed by atoms with Crippen LogP contribution in [-0.4, -0.2) is 18.9 Å². The van der Waals surface area contributed by atoms with Crippen LogP contribution in [0.15, 0.2) is 12.2 Å². The number of hydrogen-bond donors (Lipinski definition) is 0. The molecule has 0 saturated carbocycles. The average molecular weight is 226 g/mol. The minimum atomic E-state index is -0.447. The Balaban J connectivity index is 3.43. The van der Waals surface area contributed by atoms with Gasteiger partial charge in [0.1, 0.15) is 12.2 Å². The molecule has 0 saturated heterocycles. The van der Waals surface area contributed by atoms with Gasteiger partial charge in [-0.3, -0.25) is 9.59 Å². The third-order valence-corrected chi connectivity index (χ3v) is 2.30. The van der Waals surface area contributed by atoms with Gasteiger partial charge in [-0.25, -0.2) is 0 Å². The van der Waals surface area contributed by atoms with Crippen LogP contribution in [0.2, 0.25) is 0 Å². The summed E-state index contributed by atoms with van der Waals surface area (Å²) in [5.74, 6) is -0.498. The lowest BCUT2D eigenvalue weighted by Gasteiger charge is -1.97. The van der Waals surface area contributed by atoms with Crippen LogP contribution in [0.3, 0.4) is 0 Å². The number of ketones is 1. The number of rotatable bonds is 9. The predicted octanol–water partition coefficient (Wildman–Crippen LogP) is 3.04. The number of allylic oxidation sites excluding steroid dienone is 2. The summed E-state index contributed by atoms with van der Waals surface area (Å²) in [6.07, 6.45) is 9.96. The molecular formula is C13H22O3. The van der Waals surface area contributed by atoms with E-state index >= 15 is 0 Å². The van der Waals surface area contributed by atoms with E-state index in [-0.39, 0.29) is 12.2 Å². The molecule has 16 heavy (non-hydrogen) atoms. The zero-order valence-corrected chi connectivity index (χ0v) is 10.3. The van der Waals surface area contributed by atoms with Gasteiger partial charge in [-0.2, -0.15) is 0 Å². The lowest BCUT2D eigenvalue weighted by molar-refractivity contribution is -0.143. The van der Waals surface area contributed by atoms with E-state index in [4.69, 9.17) is 0 Å². The van der Waals surface area contributed by atoms with E-state index in [9.17, 15) is 9.59 Å². The number of carbonyl (C=O) groups excluding carboxylic acids is 2. The topological polar surface area (TPSA) is 43.4 Å². The van der Waals surface area contributed by atoms with E-state index in [1.165, 1.54) is 26.4 Å². The van der Waals surface area contributed by atoms with Crippen molar-refractivity contribution in [2.24, 2.45) is 0 Å². The molecular weight excluding hydrogens is 204 g/mol. The highest BCUT2D eigenvalue weighted by Gasteiger charge is 2.07. The van der Waals surface area contributed by atoms with Gasteiger partial charge in [0.2, 0.25) is 0 Å². The lowest BCUT2D eigenvalue weighted by Crippen LogP contribution is -2.08. The van der Waals surface area contributed by atoms with Gasteiger partial charge in [-0.15, -0.1) is 0 Å². The van der Waals surface area contributed by atoms with Gasteiger partial charge in [0.05, 0.1) is 7.11 Å². The minimum absolute atomic E-state index is 0.0509. The molecule has 0 aliphatic heterocycles. The molecule has 3 nitrogen and oxygen atoms in total. The normalized spacial score (nSPS) is 10.6. The Morgan fingerprint density at radius 1 is 1.12 bits per heavy atom. The van der Waals surface area contributed by atoms with Crippen molar-refractivity contribution in [1.29, 1.82) is 0 Å². The second-order valence-electron chi connectivity index (χ2n) is 3.80. The number of methoxy groups -OCH3 is 1. The molecule has 0 aliphatic carbocycles. The van der Waals surface area contributed by atoms with Crippen molar-refractivity contribution in [2.45, 2.75) is 51.9 Å². The first-order valence-electron chi connectivity index (χ1n) is 5.94. The molecule has 0 aliphatic rings. The van der Waals surface area contributed by atoms with Crippen LogP contribution in [0, 0.1) is 0 Å². The molecule has 0 fully saturated rings. The molecule has 0 atom stereocenters. The third-order valence-electron chi connectivity index (χ3n) is 2.30. The number of carbonyl (C=O) groups is 2. The van der Waals surface area contributed by atoms with Crippen LogP contribution in [0.25, 0.3) is 0 Å². The first-order valence-corrected chi connectivity index (χ1v) is 5.94. The Morgan fingerprint density at radius 3 is 2.44 bits per heavy atom. The van der Waals surface area contributed by atoms with Crippen molar-refractivity contribution < 1.29 is 14.3 Å². The summed E-state index contributed by atoms with van der Waals surface area (Å²) in [5, 5.41) is 0. The Kier molecular flexibility index (Phi) is 9.67. The van der Waals surface area contributed by atoms with Gasteiger partial charge in [-0.1, -0.05) is 31.9 Å². The van der Waals surface area contributed by atoms with Crippen molar-refractivity contribution in [3.05, 3.63) is 12.2 Å². The number of esters is 1. The Labute approximate surface area is 97.9 Å². The fourth-order valence-electron chi connectivity index (χ4n) is 1.31. The summed E-state index contributed by atoms with van der Waals surface area (Å²) in [5.41, 5.74) is 0. The quantitative estimate of drug-likeness (QED) is 0.263. The van der Waals surface area contributed by atoms with Gasteiger partial charge in [0.25, 0.3) is 0 Å². The Hall–Kier alpha value is -1.12. The average Bonchev–Trinajstić information content (AvgIpc) is 2.27. The molecule has 0 aromatic heterocycles. The first kappa shape index (κ1) is 14.9. The Morgan fingerprint density at radius 2 is 1.81 bits per heavy atom. The highest BCUT2D eigenvalue weighted by atomic mass is 16.5. The molecule has 0 spiro atoms. The molecule has 0 amide bonds. The van der Waals surface area contributed by atoms with Gasteiger partial charge >= 0.3 is 5.97 Å². The summed E-state index contributed by atoms with van der Waals surface area (Å²) in [6.45, 7) is 2.18. The smallest absolute Gasteiger partial charge is 0.313 e. The maximum Gasteiger partial charge on any atom is 0.313 e. The minimum Gasteiger partial charge on any atom is -0.469 e. The maximum absolute atomic E-state index is 11.2. The number of unbranched alkanes of at least 4 members (excludes halogenated alkanes) is 3. The largest absolute Gasteiger partial charge is 0.469 e. The van der Waals surface area contributed by atoms with Crippen LogP contribution >= 0.6 is 0 Å². The zero-order chi connectivity index (χ0) is 12.2. The van der Waals surface area contributed by atoms with Gasteiger partial charge in [0.15, 0.2) is 0 Å². The van der Waals surface area contributed by atoms with Crippen LogP contribution in [0.1, 0.15) is 51.9 Å². The molecule has 0 aromatic rings. The van der Waals surface area contributed by atoms with Crippen molar-refractivity contribution in [3.63, 3.8) is 0 Å². The summed E-state index contributed by atoms with van der Waals surface area (Å²) in [7, 11) is 1.29. The van der Waals surface area contributed by atoms with Crippen LogP contribution < -0.4 is 0 Å². The van der Waals surface area contributed by atoms with Crippen molar-refractivity contribution in [2.75, 3.05) is 7.11 Å². The van der Waals surface area contributed by atoms with Crippen molar-refractivity contribution >= 4 is 11.8 Å². The summed E-state index contributed by atoms with van der Waals surface area (Å²) in [6, 6.07) is 0. The van der Waals surface area contributed by atoms with Crippen LogP contribution in [0.5, 0.6) is 0 Å². The predicted molar refractivity (Wildman–Crippen MR) is 64.2 cm³/mol. The van der Waals surface area contributed by atoms with Gasteiger partial charge < -0.3 is 4.74 Å². The number of hydrogen-bond acceptors (Lipinski definition) is 3. The van der Waals surface area contributed by atoms with Gasteiger partial charge in [-0.05, 0) is 19.3 Å². The molecule has 0 rings (SSSR count). The summed E-state index contributed by atoms with van der Waals surface area (Å²) < 4.78 is 4.41. The fourth-order valence-corrected chi connectivity index (χ4v) is 1.31. The molecule has 0 N–H and O–H groups in total. The molecule has 0 unspecified atom stereocenters. The monoisotopic (exact) mass is 226 g/mol. The second-order valence-corrected chi connectivity index (χ2v) is 3.80. The summed E-state index contributed by atoms with van der Waals surface area (Å²) >= 11 is 0. The van der Waals surface area contributed by atoms with E-state index in [1.54, 1.807) is 0 Å². The van der Waals surface area contributed by atoms with Crippen LogP contribution in [0.4, 0.5) is 0 Å². The van der Waals surface area contributed by atoms with E-state index in [0.717, 1.165) is 12.8 Å². The van der Waals surface area contributed by atoms with Crippen LogP contribution in [-0.2, 0) is 14.3 Å². The number of ether oxygens (including phenoxy) is 1. The Bertz CT molecular complexity index is 231. The highest BCUT2D eigenvalue weighted by molar-refractivity contribution is 5.95. The standard InChI is InChI=1S/C13H22O3/c1-3-4-5-6-7-8-9-10-12(14)11-13(15)16-2/h7-8H,3-6,9-11H2,1-2H3/b8-7-.